The Hall–Kier alpha value is -3.16. The molecular formula is C22H27N5O3. The minimum Gasteiger partial charge on any atom is -0.490 e. The number of piperidine rings is 1. The fourth-order valence-electron chi connectivity index (χ4n) is 3.75. The van der Waals surface area contributed by atoms with Crippen LogP contribution in [0.5, 0.6) is 11.5 Å². The van der Waals surface area contributed by atoms with E-state index in [0.29, 0.717) is 31.3 Å². The molecule has 0 unspecified atom stereocenters. The zero-order valence-corrected chi connectivity index (χ0v) is 17.7. The monoisotopic (exact) mass is 409 g/mol. The number of rotatable bonds is 6. The Bertz CT molecular complexity index is 1040. The molecule has 0 radical (unpaired) electrons. The smallest absolute Gasteiger partial charge is 0.252 e. The molecule has 3 aromatic rings. The van der Waals surface area contributed by atoms with Gasteiger partial charge in [-0.3, -0.25) is 4.79 Å². The number of fused-ring (bicyclic) bond motifs is 1. The van der Waals surface area contributed by atoms with Crippen LogP contribution in [0.3, 0.4) is 0 Å². The lowest BCUT2D eigenvalue weighted by Crippen LogP contribution is -2.42. The molecule has 1 aromatic carbocycles. The van der Waals surface area contributed by atoms with Crippen molar-refractivity contribution in [3.05, 3.63) is 47.5 Å². The second kappa shape index (κ2) is 8.69. The quantitative estimate of drug-likeness (QED) is 0.623. The van der Waals surface area contributed by atoms with Crippen molar-refractivity contribution in [3.8, 4) is 11.5 Å². The highest BCUT2D eigenvalue weighted by atomic mass is 16.5. The first-order chi connectivity index (χ1) is 14.5. The van der Waals surface area contributed by atoms with Crippen LogP contribution in [0.25, 0.3) is 5.78 Å². The number of para-hydroxylation sites is 2. The molecule has 0 spiro atoms. The zero-order chi connectivity index (χ0) is 21.1. The third-order valence-corrected chi connectivity index (χ3v) is 5.21. The Morgan fingerprint density at radius 2 is 1.87 bits per heavy atom. The summed E-state index contributed by atoms with van der Waals surface area (Å²) in [6, 6.07) is 9.66. The Kier molecular flexibility index (Phi) is 5.83. The first kappa shape index (κ1) is 20.1. The number of benzene rings is 1. The highest BCUT2D eigenvalue weighted by Gasteiger charge is 2.25. The summed E-state index contributed by atoms with van der Waals surface area (Å²) in [6.45, 7) is 7.74. The topological polar surface area (TPSA) is 81.9 Å². The summed E-state index contributed by atoms with van der Waals surface area (Å²) in [5.41, 5.74) is 1.84. The number of hydrogen-bond acceptors (Lipinski definition) is 6. The minimum atomic E-state index is 0.0356. The van der Waals surface area contributed by atoms with Crippen LogP contribution in [0.1, 0.15) is 37.0 Å². The number of aryl methyl sites for hydroxylation is 2. The second-order valence-corrected chi connectivity index (χ2v) is 7.53. The number of ether oxygens (including phenoxy) is 2. The van der Waals surface area contributed by atoms with Crippen LogP contribution in [0.15, 0.2) is 30.3 Å². The molecule has 8 heteroatoms. The maximum absolute atomic E-state index is 12.8. The summed E-state index contributed by atoms with van der Waals surface area (Å²) in [4.78, 5) is 23.4. The fraction of sp³-hybridized carbons (Fsp3) is 0.455. The van der Waals surface area contributed by atoms with Gasteiger partial charge in [0.1, 0.15) is 6.10 Å². The van der Waals surface area contributed by atoms with Gasteiger partial charge in [0.05, 0.1) is 13.0 Å². The van der Waals surface area contributed by atoms with E-state index in [1.165, 1.54) is 0 Å². The average Bonchev–Trinajstić information content (AvgIpc) is 3.13. The maximum Gasteiger partial charge on any atom is 0.252 e. The summed E-state index contributed by atoms with van der Waals surface area (Å²) in [5, 5.41) is 4.44. The predicted octanol–water partition coefficient (Wildman–Crippen LogP) is 2.75. The van der Waals surface area contributed by atoms with Crippen LogP contribution >= 0.6 is 0 Å². The van der Waals surface area contributed by atoms with E-state index < -0.39 is 0 Å². The van der Waals surface area contributed by atoms with Crippen LogP contribution in [-0.4, -0.2) is 56.2 Å². The summed E-state index contributed by atoms with van der Waals surface area (Å²) < 4.78 is 13.5. The maximum atomic E-state index is 12.8. The molecule has 2 aromatic heterocycles. The molecule has 0 saturated carbocycles. The van der Waals surface area contributed by atoms with Gasteiger partial charge < -0.3 is 14.4 Å². The van der Waals surface area contributed by atoms with Gasteiger partial charge in [-0.15, -0.1) is 5.10 Å². The Morgan fingerprint density at radius 1 is 1.13 bits per heavy atom. The molecule has 8 nitrogen and oxygen atoms in total. The number of likely N-dealkylation sites (tertiary alicyclic amines) is 1. The molecular weight excluding hydrogens is 382 g/mol. The van der Waals surface area contributed by atoms with Gasteiger partial charge in [-0.25, -0.2) is 9.50 Å². The van der Waals surface area contributed by atoms with Crippen molar-refractivity contribution < 1.29 is 14.3 Å². The van der Waals surface area contributed by atoms with Crippen LogP contribution in [0.4, 0.5) is 0 Å². The van der Waals surface area contributed by atoms with E-state index in [1.807, 2.05) is 56.0 Å². The van der Waals surface area contributed by atoms with Crippen LogP contribution < -0.4 is 9.47 Å². The predicted molar refractivity (Wildman–Crippen MR) is 112 cm³/mol. The van der Waals surface area contributed by atoms with Crippen LogP contribution in [0, 0.1) is 13.8 Å². The van der Waals surface area contributed by atoms with Crippen molar-refractivity contribution in [1.29, 1.82) is 0 Å². The largest absolute Gasteiger partial charge is 0.490 e. The highest BCUT2D eigenvalue weighted by Crippen LogP contribution is 2.29. The first-order valence-corrected chi connectivity index (χ1v) is 10.4. The van der Waals surface area contributed by atoms with Crippen molar-refractivity contribution in [2.24, 2.45) is 0 Å². The number of aromatic nitrogens is 4. The molecule has 4 rings (SSSR count). The number of hydrogen-bond donors (Lipinski definition) is 0. The van der Waals surface area contributed by atoms with Crippen molar-refractivity contribution in [2.75, 3.05) is 19.7 Å². The van der Waals surface area contributed by atoms with Crippen molar-refractivity contribution >= 4 is 11.7 Å². The van der Waals surface area contributed by atoms with Crippen molar-refractivity contribution in [1.82, 2.24) is 24.5 Å². The molecule has 0 atom stereocenters. The van der Waals surface area contributed by atoms with E-state index in [0.717, 1.165) is 35.7 Å². The van der Waals surface area contributed by atoms with Gasteiger partial charge in [-0.05, 0) is 39.0 Å². The Balaban J connectivity index is 1.34. The molecule has 1 aliphatic heterocycles. The Labute approximate surface area is 175 Å². The van der Waals surface area contributed by atoms with E-state index in [9.17, 15) is 4.79 Å². The van der Waals surface area contributed by atoms with Crippen LogP contribution in [0.2, 0.25) is 0 Å². The minimum absolute atomic E-state index is 0.0356. The second-order valence-electron chi connectivity index (χ2n) is 7.53. The molecule has 0 N–H and O–H groups in total. The fourth-order valence-corrected chi connectivity index (χ4v) is 3.75. The highest BCUT2D eigenvalue weighted by molar-refractivity contribution is 5.78. The molecule has 0 aliphatic carbocycles. The van der Waals surface area contributed by atoms with E-state index in [1.54, 1.807) is 4.52 Å². The molecule has 1 saturated heterocycles. The first-order valence-electron chi connectivity index (χ1n) is 10.4. The van der Waals surface area contributed by atoms with Crippen LogP contribution in [-0.2, 0) is 11.2 Å². The van der Waals surface area contributed by atoms with Gasteiger partial charge in [0.2, 0.25) is 5.91 Å². The van der Waals surface area contributed by atoms with Gasteiger partial charge in [0.15, 0.2) is 17.3 Å². The lowest BCUT2D eigenvalue weighted by Gasteiger charge is -2.32. The molecule has 30 heavy (non-hydrogen) atoms. The lowest BCUT2D eigenvalue weighted by atomic mass is 10.1. The van der Waals surface area contributed by atoms with Gasteiger partial charge >= 0.3 is 0 Å². The van der Waals surface area contributed by atoms with E-state index >= 15 is 0 Å². The van der Waals surface area contributed by atoms with Crippen molar-refractivity contribution in [3.63, 3.8) is 0 Å². The summed E-state index contributed by atoms with van der Waals surface area (Å²) in [6.07, 6.45) is 1.81. The zero-order valence-electron chi connectivity index (χ0n) is 17.7. The SMILES string of the molecule is CCOc1ccccc1OC1CCN(C(=O)Cc2nc3nc(C)cc(C)n3n2)CC1. The van der Waals surface area contributed by atoms with Gasteiger partial charge in [-0.1, -0.05) is 12.1 Å². The third-order valence-electron chi connectivity index (χ3n) is 5.21. The van der Waals surface area contributed by atoms with E-state index in [2.05, 4.69) is 15.1 Å². The number of carbonyl (C=O) groups is 1. The Morgan fingerprint density at radius 3 is 2.60 bits per heavy atom. The van der Waals surface area contributed by atoms with E-state index in [4.69, 9.17) is 9.47 Å². The summed E-state index contributed by atoms with van der Waals surface area (Å²) >= 11 is 0. The normalized spacial score (nSPS) is 14.8. The molecule has 1 fully saturated rings. The number of nitrogens with zero attached hydrogens (tertiary/aromatic N) is 5. The average molecular weight is 409 g/mol. The summed E-state index contributed by atoms with van der Waals surface area (Å²) in [7, 11) is 0. The van der Waals surface area contributed by atoms with Gasteiger partial charge in [-0.2, -0.15) is 4.98 Å². The lowest BCUT2D eigenvalue weighted by molar-refractivity contribution is -0.132. The van der Waals surface area contributed by atoms with Gasteiger partial charge in [0, 0.05) is 37.3 Å². The molecule has 3 heterocycles. The standard InChI is InChI=1S/C22H27N5O3/c1-4-29-18-7-5-6-8-19(18)30-17-9-11-26(12-10-17)21(28)14-20-24-22-23-15(2)13-16(3)27(22)25-20/h5-8,13,17H,4,9-12,14H2,1-3H3. The molecule has 0 bridgehead atoms. The molecule has 1 amide bonds. The number of carbonyl (C=O) groups excluding carboxylic acids is 1. The molecule has 1 aliphatic rings. The summed E-state index contributed by atoms with van der Waals surface area (Å²) in [5.74, 6) is 2.60. The molecule has 158 valence electrons. The van der Waals surface area contributed by atoms with Crippen molar-refractivity contribution in [2.45, 2.75) is 46.1 Å². The number of amides is 1. The third kappa shape index (κ3) is 4.37. The van der Waals surface area contributed by atoms with Gasteiger partial charge in [0.25, 0.3) is 5.78 Å². The van der Waals surface area contributed by atoms with E-state index in [-0.39, 0.29) is 18.4 Å².